The van der Waals surface area contributed by atoms with Crippen LogP contribution in [-0.2, 0) is 0 Å². The second kappa shape index (κ2) is 5.86. The fourth-order valence-corrected chi connectivity index (χ4v) is 1.36. The highest BCUT2D eigenvalue weighted by atomic mass is 16.1. The highest BCUT2D eigenvalue weighted by molar-refractivity contribution is 5.92. The number of nitrogens with one attached hydrogen (secondary N) is 1. The van der Waals surface area contributed by atoms with Crippen LogP contribution in [0.25, 0.3) is 0 Å². The van der Waals surface area contributed by atoms with Gasteiger partial charge in [0.05, 0.1) is 6.07 Å². The van der Waals surface area contributed by atoms with E-state index in [4.69, 9.17) is 5.26 Å². The lowest BCUT2D eigenvalue weighted by Crippen LogP contribution is -2.34. The van der Waals surface area contributed by atoms with E-state index in [1.165, 1.54) is 0 Å². The van der Waals surface area contributed by atoms with Gasteiger partial charge in [-0.3, -0.25) is 4.79 Å². The third kappa shape index (κ3) is 3.35. The van der Waals surface area contributed by atoms with E-state index in [0.717, 1.165) is 12.1 Å². The summed E-state index contributed by atoms with van der Waals surface area (Å²) >= 11 is 0. The SMILES string of the molecule is CCCC(C#N)NC(=O)c1cccc(C)n1. The molecule has 1 aromatic rings. The minimum atomic E-state index is -0.431. The molecule has 0 aliphatic carbocycles. The third-order valence-electron chi connectivity index (χ3n) is 2.16. The van der Waals surface area contributed by atoms with Crippen LogP contribution in [0.1, 0.15) is 35.9 Å². The Bertz CT molecular complexity index is 409. The lowest BCUT2D eigenvalue weighted by atomic mass is 10.2. The number of pyridine rings is 1. The molecule has 84 valence electrons. The van der Waals surface area contributed by atoms with Crippen molar-refractivity contribution >= 4 is 5.91 Å². The van der Waals surface area contributed by atoms with Gasteiger partial charge in [0.15, 0.2) is 0 Å². The first-order chi connectivity index (χ1) is 7.67. The van der Waals surface area contributed by atoms with Gasteiger partial charge in [0, 0.05) is 5.69 Å². The fraction of sp³-hybridized carbons (Fsp3) is 0.417. The van der Waals surface area contributed by atoms with Crippen molar-refractivity contribution in [2.75, 3.05) is 0 Å². The maximum absolute atomic E-state index is 11.7. The minimum absolute atomic E-state index is 0.288. The van der Waals surface area contributed by atoms with E-state index in [9.17, 15) is 4.79 Å². The number of aromatic nitrogens is 1. The van der Waals surface area contributed by atoms with Gasteiger partial charge in [-0.1, -0.05) is 19.4 Å². The standard InChI is InChI=1S/C12H15N3O/c1-3-5-10(8-13)15-12(16)11-7-4-6-9(2)14-11/h4,6-7,10H,3,5H2,1-2H3,(H,15,16). The number of aryl methyl sites for hydroxylation is 1. The predicted molar refractivity (Wildman–Crippen MR) is 60.7 cm³/mol. The third-order valence-corrected chi connectivity index (χ3v) is 2.16. The van der Waals surface area contributed by atoms with Crippen molar-refractivity contribution in [1.29, 1.82) is 5.26 Å². The van der Waals surface area contributed by atoms with Gasteiger partial charge in [-0.25, -0.2) is 4.98 Å². The summed E-state index contributed by atoms with van der Waals surface area (Å²) in [7, 11) is 0. The maximum Gasteiger partial charge on any atom is 0.270 e. The summed E-state index contributed by atoms with van der Waals surface area (Å²) in [4.78, 5) is 15.8. The van der Waals surface area contributed by atoms with Gasteiger partial charge >= 0.3 is 0 Å². The van der Waals surface area contributed by atoms with Crippen molar-refractivity contribution in [3.63, 3.8) is 0 Å². The Morgan fingerprint density at radius 2 is 2.38 bits per heavy atom. The first kappa shape index (κ1) is 12.2. The maximum atomic E-state index is 11.7. The Labute approximate surface area is 95.3 Å². The molecule has 1 heterocycles. The molecule has 4 nitrogen and oxygen atoms in total. The summed E-state index contributed by atoms with van der Waals surface area (Å²) in [6.45, 7) is 3.80. The Morgan fingerprint density at radius 3 is 2.94 bits per heavy atom. The van der Waals surface area contributed by atoms with Crippen molar-refractivity contribution in [3.8, 4) is 6.07 Å². The molecule has 1 amide bonds. The number of hydrogen-bond donors (Lipinski definition) is 1. The van der Waals surface area contributed by atoms with Crippen LogP contribution in [0.4, 0.5) is 0 Å². The van der Waals surface area contributed by atoms with Gasteiger partial charge in [-0.15, -0.1) is 0 Å². The molecule has 0 radical (unpaired) electrons. The van der Waals surface area contributed by atoms with Gasteiger partial charge in [-0.05, 0) is 25.5 Å². The van der Waals surface area contributed by atoms with Crippen LogP contribution in [0, 0.1) is 18.3 Å². The summed E-state index contributed by atoms with van der Waals surface area (Å²) in [5, 5.41) is 11.5. The number of rotatable bonds is 4. The second-order valence-corrected chi connectivity index (χ2v) is 3.61. The molecule has 1 unspecified atom stereocenters. The zero-order valence-corrected chi connectivity index (χ0v) is 9.53. The molecular formula is C12H15N3O. The average molecular weight is 217 g/mol. The topological polar surface area (TPSA) is 65.8 Å². The summed E-state index contributed by atoms with van der Waals surface area (Å²) in [6, 6.07) is 6.87. The first-order valence-corrected chi connectivity index (χ1v) is 5.31. The van der Waals surface area contributed by atoms with Gasteiger partial charge in [0.25, 0.3) is 5.91 Å². The van der Waals surface area contributed by atoms with E-state index in [2.05, 4.69) is 16.4 Å². The van der Waals surface area contributed by atoms with Gasteiger partial charge in [0.1, 0.15) is 11.7 Å². The van der Waals surface area contributed by atoms with Crippen molar-refractivity contribution in [1.82, 2.24) is 10.3 Å². The highest BCUT2D eigenvalue weighted by Crippen LogP contribution is 2.00. The normalized spacial score (nSPS) is 11.6. The Morgan fingerprint density at radius 1 is 1.62 bits per heavy atom. The number of hydrogen-bond acceptors (Lipinski definition) is 3. The van der Waals surface area contributed by atoms with E-state index in [1.54, 1.807) is 12.1 Å². The number of carbonyl (C=O) groups excluding carboxylic acids is 1. The summed E-state index contributed by atoms with van der Waals surface area (Å²) in [5.74, 6) is -0.288. The summed E-state index contributed by atoms with van der Waals surface area (Å²) in [5.41, 5.74) is 1.15. The molecule has 0 aliphatic rings. The van der Waals surface area contributed by atoms with Crippen LogP contribution in [0.5, 0.6) is 0 Å². The first-order valence-electron chi connectivity index (χ1n) is 5.31. The number of carbonyl (C=O) groups is 1. The molecule has 1 aromatic heterocycles. The van der Waals surface area contributed by atoms with E-state index in [1.807, 2.05) is 19.9 Å². The molecule has 0 spiro atoms. The number of nitriles is 1. The van der Waals surface area contributed by atoms with E-state index in [-0.39, 0.29) is 5.91 Å². The summed E-state index contributed by atoms with van der Waals surface area (Å²) < 4.78 is 0. The van der Waals surface area contributed by atoms with Crippen LogP contribution in [0.2, 0.25) is 0 Å². The molecule has 1 N–H and O–H groups in total. The molecule has 4 heteroatoms. The lowest BCUT2D eigenvalue weighted by Gasteiger charge is -2.09. The molecule has 0 bridgehead atoms. The largest absolute Gasteiger partial charge is 0.335 e. The molecule has 0 aliphatic heterocycles. The number of nitrogens with zero attached hydrogens (tertiary/aromatic N) is 2. The van der Waals surface area contributed by atoms with E-state index in [0.29, 0.717) is 12.1 Å². The molecule has 16 heavy (non-hydrogen) atoms. The fourth-order valence-electron chi connectivity index (χ4n) is 1.36. The average Bonchev–Trinajstić information content (AvgIpc) is 2.28. The van der Waals surface area contributed by atoms with Crippen LogP contribution < -0.4 is 5.32 Å². The minimum Gasteiger partial charge on any atom is -0.335 e. The van der Waals surface area contributed by atoms with Crippen LogP contribution in [0.15, 0.2) is 18.2 Å². The van der Waals surface area contributed by atoms with Crippen molar-refractivity contribution < 1.29 is 4.79 Å². The molecule has 0 fully saturated rings. The zero-order chi connectivity index (χ0) is 12.0. The molecular weight excluding hydrogens is 202 g/mol. The zero-order valence-electron chi connectivity index (χ0n) is 9.53. The molecule has 1 atom stereocenters. The summed E-state index contributed by atoms with van der Waals surface area (Å²) in [6.07, 6.45) is 1.52. The smallest absolute Gasteiger partial charge is 0.270 e. The molecule has 0 saturated heterocycles. The van der Waals surface area contributed by atoms with Crippen molar-refractivity contribution in [2.45, 2.75) is 32.7 Å². The van der Waals surface area contributed by atoms with Crippen LogP contribution in [-0.4, -0.2) is 16.9 Å². The van der Waals surface area contributed by atoms with Gasteiger partial charge in [0.2, 0.25) is 0 Å². The molecule has 0 saturated carbocycles. The van der Waals surface area contributed by atoms with Gasteiger partial charge in [-0.2, -0.15) is 5.26 Å². The monoisotopic (exact) mass is 217 g/mol. The van der Waals surface area contributed by atoms with Crippen molar-refractivity contribution in [2.24, 2.45) is 0 Å². The van der Waals surface area contributed by atoms with E-state index < -0.39 is 6.04 Å². The lowest BCUT2D eigenvalue weighted by molar-refractivity contribution is 0.0938. The van der Waals surface area contributed by atoms with Crippen molar-refractivity contribution in [3.05, 3.63) is 29.6 Å². The second-order valence-electron chi connectivity index (χ2n) is 3.61. The Hall–Kier alpha value is -1.89. The Balaban J connectivity index is 2.69. The van der Waals surface area contributed by atoms with E-state index >= 15 is 0 Å². The predicted octanol–water partition coefficient (Wildman–Crippen LogP) is 1.81. The number of amides is 1. The molecule has 1 rings (SSSR count). The van der Waals surface area contributed by atoms with Gasteiger partial charge < -0.3 is 5.32 Å². The quantitative estimate of drug-likeness (QED) is 0.836. The van der Waals surface area contributed by atoms with Crippen LogP contribution in [0.3, 0.4) is 0 Å². The molecule has 0 aromatic carbocycles. The highest BCUT2D eigenvalue weighted by Gasteiger charge is 2.12. The Kier molecular flexibility index (Phi) is 4.46. The van der Waals surface area contributed by atoms with Crippen LogP contribution >= 0.6 is 0 Å².